The van der Waals surface area contributed by atoms with Crippen molar-refractivity contribution in [1.29, 1.82) is 0 Å². The lowest BCUT2D eigenvalue weighted by atomic mass is 10.0. The maximum absolute atomic E-state index is 13.1. The lowest BCUT2D eigenvalue weighted by Crippen LogP contribution is -2.35. The number of tetrazole rings is 1. The number of rotatable bonds is 6. The third kappa shape index (κ3) is 3.73. The fraction of sp³-hybridized carbons (Fsp3) is 0.353. The van der Waals surface area contributed by atoms with E-state index >= 15 is 0 Å². The summed E-state index contributed by atoms with van der Waals surface area (Å²) in [6.07, 6.45) is 1.98. The Morgan fingerprint density at radius 3 is 2.64 bits per heavy atom. The highest BCUT2D eigenvalue weighted by molar-refractivity contribution is 5.80. The first-order valence-electron chi connectivity index (χ1n) is 7.99. The minimum atomic E-state index is -0.511. The zero-order valence-corrected chi connectivity index (χ0v) is 14.5. The molecule has 130 valence electrons. The van der Waals surface area contributed by atoms with Gasteiger partial charge in [0.05, 0.1) is 12.2 Å². The van der Waals surface area contributed by atoms with Gasteiger partial charge >= 0.3 is 0 Å². The molecule has 2 aromatic heterocycles. The summed E-state index contributed by atoms with van der Waals surface area (Å²) in [6, 6.07) is 9.30. The van der Waals surface area contributed by atoms with Crippen molar-refractivity contribution < 1.29 is 9.32 Å². The summed E-state index contributed by atoms with van der Waals surface area (Å²) in [5.74, 6) is 0.648. The van der Waals surface area contributed by atoms with Crippen molar-refractivity contribution in [3.05, 3.63) is 59.2 Å². The molecule has 8 heteroatoms. The lowest BCUT2D eigenvalue weighted by molar-refractivity contribution is -0.134. The molecular formula is C17H20N6O2. The third-order valence-corrected chi connectivity index (χ3v) is 4.19. The van der Waals surface area contributed by atoms with Crippen LogP contribution in [-0.4, -0.2) is 43.2 Å². The highest BCUT2D eigenvalue weighted by Gasteiger charge is 2.26. The van der Waals surface area contributed by atoms with Gasteiger partial charge in [0.1, 0.15) is 18.1 Å². The molecule has 0 radical (unpaired) electrons. The number of nitrogens with zero attached hydrogens (tertiary/aromatic N) is 6. The summed E-state index contributed by atoms with van der Waals surface area (Å²) in [5.41, 5.74) is 2.76. The van der Waals surface area contributed by atoms with Crippen LogP contribution in [0.1, 0.15) is 28.6 Å². The van der Waals surface area contributed by atoms with E-state index in [4.69, 9.17) is 4.52 Å². The van der Waals surface area contributed by atoms with E-state index in [1.54, 1.807) is 11.9 Å². The summed E-state index contributed by atoms with van der Waals surface area (Å²) < 4.78 is 6.68. The SMILES string of the molecule is Cc1noc(C)c1CN(C)C(=O)[C@@H](Cc1ccccc1)n1cnnn1. The van der Waals surface area contributed by atoms with Gasteiger partial charge in [-0.25, -0.2) is 4.68 Å². The number of carbonyl (C=O) groups excluding carboxylic acids is 1. The topological polar surface area (TPSA) is 89.9 Å². The monoisotopic (exact) mass is 340 g/mol. The summed E-state index contributed by atoms with van der Waals surface area (Å²) in [6.45, 7) is 4.14. The number of aromatic nitrogens is 5. The number of amides is 1. The van der Waals surface area contributed by atoms with E-state index in [0.717, 1.165) is 22.6 Å². The molecule has 0 N–H and O–H groups in total. The normalized spacial score (nSPS) is 12.1. The van der Waals surface area contributed by atoms with Crippen molar-refractivity contribution in [3.63, 3.8) is 0 Å². The fourth-order valence-electron chi connectivity index (χ4n) is 2.74. The van der Waals surface area contributed by atoms with Crippen LogP contribution in [0, 0.1) is 13.8 Å². The smallest absolute Gasteiger partial charge is 0.247 e. The van der Waals surface area contributed by atoms with Crippen molar-refractivity contribution in [1.82, 2.24) is 30.3 Å². The molecule has 1 amide bonds. The van der Waals surface area contributed by atoms with Gasteiger partial charge in [0, 0.05) is 19.0 Å². The number of likely N-dealkylation sites (N-methyl/N-ethyl adjacent to an activating group) is 1. The molecule has 1 aromatic carbocycles. The van der Waals surface area contributed by atoms with Gasteiger partial charge in [-0.3, -0.25) is 4.79 Å². The van der Waals surface area contributed by atoms with E-state index in [1.807, 2.05) is 44.2 Å². The molecule has 0 aliphatic carbocycles. The van der Waals surface area contributed by atoms with Crippen LogP contribution in [-0.2, 0) is 17.8 Å². The summed E-state index contributed by atoms with van der Waals surface area (Å²) in [5, 5.41) is 15.2. The summed E-state index contributed by atoms with van der Waals surface area (Å²) in [7, 11) is 1.76. The lowest BCUT2D eigenvalue weighted by Gasteiger charge is -2.23. The van der Waals surface area contributed by atoms with Crippen molar-refractivity contribution in [2.45, 2.75) is 32.9 Å². The van der Waals surface area contributed by atoms with E-state index in [9.17, 15) is 4.79 Å². The van der Waals surface area contributed by atoms with Crippen molar-refractivity contribution >= 4 is 5.91 Å². The molecule has 0 aliphatic heterocycles. The predicted octanol–water partition coefficient (Wildman–Crippen LogP) is 1.72. The van der Waals surface area contributed by atoms with Crippen LogP contribution in [0.4, 0.5) is 0 Å². The van der Waals surface area contributed by atoms with Gasteiger partial charge in [-0.15, -0.1) is 5.10 Å². The Balaban J connectivity index is 1.81. The van der Waals surface area contributed by atoms with Crippen LogP contribution in [0.2, 0.25) is 0 Å². The summed E-state index contributed by atoms with van der Waals surface area (Å²) >= 11 is 0. The largest absolute Gasteiger partial charge is 0.361 e. The molecule has 8 nitrogen and oxygen atoms in total. The second kappa shape index (κ2) is 7.25. The van der Waals surface area contributed by atoms with Gasteiger partial charge in [-0.2, -0.15) is 0 Å². The van der Waals surface area contributed by atoms with Crippen LogP contribution in [0.25, 0.3) is 0 Å². The van der Waals surface area contributed by atoms with Gasteiger partial charge in [0.25, 0.3) is 0 Å². The maximum Gasteiger partial charge on any atom is 0.247 e. The molecule has 1 atom stereocenters. The highest BCUT2D eigenvalue weighted by atomic mass is 16.5. The zero-order chi connectivity index (χ0) is 17.8. The van der Waals surface area contributed by atoms with Crippen molar-refractivity contribution in [2.75, 3.05) is 7.05 Å². The third-order valence-electron chi connectivity index (χ3n) is 4.19. The van der Waals surface area contributed by atoms with E-state index in [0.29, 0.717) is 13.0 Å². The van der Waals surface area contributed by atoms with Gasteiger partial charge in [0.15, 0.2) is 0 Å². The molecule has 0 spiro atoms. The van der Waals surface area contributed by atoms with Crippen molar-refractivity contribution in [3.8, 4) is 0 Å². The van der Waals surface area contributed by atoms with Crippen LogP contribution in [0.5, 0.6) is 0 Å². The number of aryl methyl sites for hydroxylation is 2. The number of carbonyl (C=O) groups is 1. The molecule has 0 fully saturated rings. The Hall–Kier alpha value is -3.03. The standard InChI is InChI=1S/C17H20N6O2/c1-12-15(13(2)25-19-12)10-22(3)17(24)16(23-11-18-20-21-23)9-14-7-5-4-6-8-14/h4-8,11,16H,9-10H2,1-3H3/t16-/m1/s1. The minimum Gasteiger partial charge on any atom is -0.361 e. The average molecular weight is 340 g/mol. The van der Waals surface area contributed by atoms with Crippen molar-refractivity contribution in [2.24, 2.45) is 0 Å². The molecule has 2 heterocycles. The number of hydrogen-bond acceptors (Lipinski definition) is 6. The second-order valence-electron chi connectivity index (χ2n) is 5.99. The van der Waals surface area contributed by atoms with Gasteiger partial charge in [-0.1, -0.05) is 35.5 Å². The Morgan fingerprint density at radius 1 is 1.28 bits per heavy atom. The maximum atomic E-state index is 13.1. The first-order chi connectivity index (χ1) is 12.1. The molecule has 0 aliphatic rings. The highest BCUT2D eigenvalue weighted by Crippen LogP contribution is 2.19. The van der Waals surface area contributed by atoms with Gasteiger partial charge in [-0.05, 0) is 29.8 Å². The Morgan fingerprint density at radius 2 is 2.04 bits per heavy atom. The van der Waals surface area contributed by atoms with Crippen LogP contribution < -0.4 is 0 Å². The van der Waals surface area contributed by atoms with Crippen LogP contribution >= 0.6 is 0 Å². The molecule has 0 unspecified atom stereocenters. The van der Waals surface area contributed by atoms with E-state index in [1.165, 1.54) is 11.0 Å². The molecule has 3 rings (SSSR count). The predicted molar refractivity (Wildman–Crippen MR) is 89.5 cm³/mol. The Bertz CT molecular complexity index is 809. The number of benzene rings is 1. The Kier molecular flexibility index (Phi) is 4.87. The average Bonchev–Trinajstić information content (AvgIpc) is 3.25. The van der Waals surface area contributed by atoms with E-state index in [-0.39, 0.29) is 5.91 Å². The van der Waals surface area contributed by atoms with Gasteiger partial charge < -0.3 is 9.42 Å². The molecule has 25 heavy (non-hydrogen) atoms. The first kappa shape index (κ1) is 16.8. The molecule has 3 aromatic rings. The fourth-order valence-corrected chi connectivity index (χ4v) is 2.74. The molecular weight excluding hydrogens is 320 g/mol. The van der Waals surface area contributed by atoms with Crippen LogP contribution in [0.3, 0.4) is 0 Å². The second-order valence-corrected chi connectivity index (χ2v) is 5.99. The molecule has 0 bridgehead atoms. The quantitative estimate of drug-likeness (QED) is 0.679. The molecule has 0 saturated heterocycles. The zero-order valence-electron chi connectivity index (χ0n) is 14.5. The van der Waals surface area contributed by atoms with Crippen LogP contribution in [0.15, 0.2) is 41.2 Å². The van der Waals surface area contributed by atoms with E-state index in [2.05, 4.69) is 20.7 Å². The minimum absolute atomic E-state index is 0.0730. The summed E-state index contributed by atoms with van der Waals surface area (Å²) in [4.78, 5) is 14.7. The van der Waals surface area contributed by atoms with Gasteiger partial charge in [0.2, 0.25) is 5.91 Å². The Labute approximate surface area is 145 Å². The molecule has 0 saturated carbocycles. The number of hydrogen-bond donors (Lipinski definition) is 0. The van der Waals surface area contributed by atoms with E-state index < -0.39 is 6.04 Å². The first-order valence-corrected chi connectivity index (χ1v) is 7.99.